The van der Waals surface area contributed by atoms with Gasteiger partial charge >= 0.3 is 0 Å². The summed E-state index contributed by atoms with van der Waals surface area (Å²) >= 11 is 26.6. The van der Waals surface area contributed by atoms with E-state index in [9.17, 15) is 0 Å². The van der Waals surface area contributed by atoms with E-state index < -0.39 is 4.33 Å². The molecular weight excluding hydrogens is 334 g/mol. The lowest BCUT2D eigenvalue weighted by atomic mass is 9.72. The molecule has 0 N–H and O–H groups in total. The van der Waals surface area contributed by atoms with E-state index in [0.29, 0.717) is 40.4 Å². The molecule has 0 radical (unpaired) electrons. The third-order valence-electron chi connectivity index (χ3n) is 7.92. The zero-order valence-corrected chi connectivity index (χ0v) is 14.0. The van der Waals surface area contributed by atoms with E-state index in [0.717, 1.165) is 11.0 Å². The molecule has 0 aromatic carbocycles. The fourth-order valence-corrected chi connectivity index (χ4v) is 9.05. The molecule has 20 heavy (non-hydrogen) atoms. The third-order valence-corrected chi connectivity index (χ3v) is 9.88. The third kappa shape index (κ3) is 1.02. The fourth-order valence-electron chi connectivity index (χ4n) is 7.18. The highest BCUT2D eigenvalue weighted by Crippen LogP contribution is 2.92. The van der Waals surface area contributed by atoms with Gasteiger partial charge in [-0.15, -0.1) is 34.8 Å². The monoisotopic (exact) mass is 348 g/mol. The van der Waals surface area contributed by atoms with Gasteiger partial charge in [0.25, 0.3) is 0 Å². The van der Waals surface area contributed by atoms with Crippen LogP contribution in [0.25, 0.3) is 0 Å². The number of fused-ring (bicyclic) bond motifs is 7. The molecular formula is C16H16Cl4. The van der Waals surface area contributed by atoms with Crippen LogP contribution in [0.15, 0.2) is 11.1 Å². The summed E-state index contributed by atoms with van der Waals surface area (Å²) in [6.45, 7) is 0. The number of alkyl halides is 3. The Kier molecular flexibility index (Phi) is 1.91. The van der Waals surface area contributed by atoms with Gasteiger partial charge in [-0.3, -0.25) is 0 Å². The summed E-state index contributed by atoms with van der Waals surface area (Å²) in [4.78, 5) is 0. The van der Waals surface area contributed by atoms with E-state index in [2.05, 4.69) is 6.08 Å². The van der Waals surface area contributed by atoms with Crippen molar-refractivity contribution < 1.29 is 0 Å². The first-order valence-corrected chi connectivity index (χ1v) is 9.41. The summed E-state index contributed by atoms with van der Waals surface area (Å²) in [5.41, 5.74) is 0.892. The van der Waals surface area contributed by atoms with Crippen molar-refractivity contribution in [2.45, 2.75) is 35.4 Å². The first-order chi connectivity index (χ1) is 9.45. The molecule has 2 spiro atoms. The predicted octanol–water partition coefficient (Wildman–Crippen LogP) is 5.20. The molecule has 5 fully saturated rings. The maximum Gasteiger partial charge on any atom is 0.125 e. The molecule has 108 valence electrons. The van der Waals surface area contributed by atoms with Crippen molar-refractivity contribution in [3.05, 3.63) is 11.1 Å². The summed E-state index contributed by atoms with van der Waals surface area (Å²) in [6, 6.07) is 0. The molecule has 0 aromatic rings. The minimum atomic E-state index is -0.451. The van der Waals surface area contributed by atoms with E-state index >= 15 is 0 Å². The van der Waals surface area contributed by atoms with Gasteiger partial charge < -0.3 is 0 Å². The molecule has 6 rings (SSSR count). The van der Waals surface area contributed by atoms with Crippen LogP contribution < -0.4 is 0 Å². The van der Waals surface area contributed by atoms with Gasteiger partial charge in [0.15, 0.2) is 0 Å². The van der Waals surface area contributed by atoms with E-state index in [1.54, 1.807) is 0 Å². The second-order valence-electron chi connectivity index (χ2n) is 8.25. The Balaban J connectivity index is 1.56. The summed E-state index contributed by atoms with van der Waals surface area (Å²) in [7, 11) is 0. The molecule has 4 heteroatoms. The first kappa shape index (κ1) is 12.3. The van der Waals surface area contributed by atoms with Crippen molar-refractivity contribution in [3.63, 3.8) is 0 Å². The van der Waals surface area contributed by atoms with Crippen LogP contribution in [0, 0.1) is 46.3 Å². The van der Waals surface area contributed by atoms with Crippen molar-refractivity contribution in [3.8, 4) is 0 Å². The van der Waals surface area contributed by atoms with Gasteiger partial charge in [0.2, 0.25) is 0 Å². The SMILES string of the molecule is ClC1=C[C@@H]2[C@@H]3[C@H]4[C@@H](C4(Cl)Cl)C4(CC4)[C@@H]3[C@H]([C@@H]1Cl)C21CC1. The zero-order valence-electron chi connectivity index (χ0n) is 11.0. The standard InChI is InChI=1S/C16H16Cl4/c17-7-5-6-8-9(11(12(7)18)14(6)1-2-14)15(3-4-15)13-10(8)16(13,19)20/h5-6,8-13H,1-4H2/t6-,8+,9+,10+,11-,12-,13-/m1/s1. The second kappa shape index (κ2) is 3.10. The topological polar surface area (TPSA) is 0 Å². The smallest absolute Gasteiger partial charge is 0.117 e. The normalized spacial score (nSPS) is 60.2. The molecule has 0 aliphatic heterocycles. The van der Waals surface area contributed by atoms with Gasteiger partial charge in [0.1, 0.15) is 4.33 Å². The van der Waals surface area contributed by atoms with Crippen LogP contribution in [-0.4, -0.2) is 9.71 Å². The minimum Gasteiger partial charge on any atom is -0.117 e. The zero-order chi connectivity index (χ0) is 13.7. The molecule has 6 aliphatic carbocycles. The number of hydrogen-bond donors (Lipinski definition) is 0. The van der Waals surface area contributed by atoms with Crippen LogP contribution in [-0.2, 0) is 0 Å². The summed E-state index contributed by atoms with van der Waals surface area (Å²) in [5, 5.41) is 0.941. The van der Waals surface area contributed by atoms with Crippen LogP contribution in [0.5, 0.6) is 0 Å². The molecule has 5 saturated carbocycles. The molecule has 2 bridgehead atoms. The summed E-state index contributed by atoms with van der Waals surface area (Å²) in [5.74, 6) is 3.65. The van der Waals surface area contributed by atoms with Crippen LogP contribution in [0.1, 0.15) is 25.7 Å². The van der Waals surface area contributed by atoms with Crippen LogP contribution in [0.3, 0.4) is 0 Å². The number of allylic oxidation sites excluding steroid dienone is 2. The molecule has 0 unspecified atom stereocenters. The Bertz CT molecular complexity index is 571. The summed E-state index contributed by atoms with van der Waals surface area (Å²) < 4.78 is -0.451. The van der Waals surface area contributed by atoms with Crippen molar-refractivity contribution in [2.24, 2.45) is 46.3 Å². The average Bonchev–Trinajstić information content (AvgIpc) is 3.23. The van der Waals surface area contributed by atoms with Gasteiger partial charge in [-0.1, -0.05) is 17.7 Å². The Morgan fingerprint density at radius 3 is 2.20 bits per heavy atom. The van der Waals surface area contributed by atoms with Crippen molar-refractivity contribution in [2.75, 3.05) is 0 Å². The first-order valence-electron chi connectivity index (χ1n) is 7.84. The van der Waals surface area contributed by atoms with Crippen molar-refractivity contribution >= 4 is 46.4 Å². The van der Waals surface area contributed by atoms with Crippen molar-refractivity contribution in [1.82, 2.24) is 0 Å². The lowest BCUT2D eigenvalue weighted by molar-refractivity contribution is 0.182. The van der Waals surface area contributed by atoms with Crippen LogP contribution in [0.4, 0.5) is 0 Å². The van der Waals surface area contributed by atoms with Gasteiger partial charge in [-0.05, 0) is 60.2 Å². The number of hydrogen-bond acceptors (Lipinski definition) is 0. The maximum atomic E-state index is 6.77. The van der Waals surface area contributed by atoms with Gasteiger partial charge in [-0.25, -0.2) is 0 Å². The molecule has 0 aromatic heterocycles. The average molecular weight is 350 g/mol. The predicted molar refractivity (Wildman–Crippen MR) is 82.3 cm³/mol. The Labute approximate surface area is 139 Å². The molecule has 6 aliphatic rings. The van der Waals surface area contributed by atoms with E-state index in [1.807, 2.05) is 0 Å². The number of rotatable bonds is 0. The molecule has 0 heterocycles. The van der Waals surface area contributed by atoms with Crippen LogP contribution >= 0.6 is 46.4 Å². The Hall–Kier alpha value is 0.900. The second-order valence-corrected chi connectivity index (χ2v) is 10.6. The lowest BCUT2D eigenvalue weighted by Crippen LogP contribution is -2.35. The molecule has 0 nitrogen and oxygen atoms in total. The van der Waals surface area contributed by atoms with E-state index in [4.69, 9.17) is 46.4 Å². The minimum absolute atomic E-state index is 0.0421. The number of halogens is 4. The van der Waals surface area contributed by atoms with Gasteiger partial charge in [0, 0.05) is 16.9 Å². The maximum absolute atomic E-state index is 6.77. The van der Waals surface area contributed by atoms with E-state index in [-0.39, 0.29) is 5.38 Å². The van der Waals surface area contributed by atoms with Gasteiger partial charge in [0.05, 0.1) is 5.38 Å². The van der Waals surface area contributed by atoms with E-state index in [1.165, 1.54) is 25.7 Å². The molecule has 0 amide bonds. The highest BCUT2D eigenvalue weighted by Gasteiger charge is 2.90. The highest BCUT2D eigenvalue weighted by molar-refractivity contribution is 6.51. The summed E-state index contributed by atoms with van der Waals surface area (Å²) in [6.07, 6.45) is 7.61. The quantitative estimate of drug-likeness (QED) is 0.527. The highest BCUT2D eigenvalue weighted by atomic mass is 35.5. The molecule has 0 saturated heterocycles. The lowest BCUT2D eigenvalue weighted by Gasteiger charge is -2.36. The fraction of sp³-hybridized carbons (Fsp3) is 0.875. The largest absolute Gasteiger partial charge is 0.125 e. The van der Waals surface area contributed by atoms with Crippen LogP contribution in [0.2, 0.25) is 0 Å². The Morgan fingerprint density at radius 1 is 0.950 bits per heavy atom. The Morgan fingerprint density at radius 2 is 1.60 bits per heavy atom. The molecule has 7 atom stereocenters. The van der Waals surface area contributed by atoms with Gasteiger partial charge in [-0.2, -0.15) is 0 Å². The van der Waals surface area contributed by atoms with Crippen molar-refractivity contribution in [1.29, 1.82) is 0 Å².